The molecule has 0 fully saturated rings. The fourth-order valence-electron chi connectivity index (χ4n) is 3.17. The van der Waals surface area contributed by atoms with Crippen LogP contribution in [0, 0.1) is 0 Å². The van der Waals surface area contributed by atoms with Crippen LogP contribution in [0.15, 0.2) is 77.7 Å². The number of rotatable bonds is 10. The third-order valence-corrected chi connectivity index (χ3v) is 6.68. The van der Waals surface area contributed by atoms with Crippen molar-refractivity contribution in [2.45, 2.75) is 11.4 Å². The van der Waals surface area contributed by atoms with E-state index in [-0.39, 0.29) is 23.7 Å². The lowest BCUT2D eigenvalue weighted by Crippen LogP contribution is -2.37. The van der Waals surface area contributed by atoms with Crippen molar-refractivity contribution in [3.05, 3.63) is 78.4 Å². The van der Waals surface area contributed by atoms with E-state index in [4.69, 9.17) is 14.2 Å². The van der Waals surface area contributed by atoms with E-state index in [2.05, 4.69) is 5.32 Å². The Morgan fingerprint density at radius 3 is 2.12 bits per heavy atom. The van der Waals surface area contributed by atoms with Gasteiger partial charge in [0.25, 0.3) is 0 Å². The Labute approximate surface area is 193 Å². The summed E-state index contributed by atoms with van der Waals surface area (Å²) in [5, 5.41) is 2.73. The molecule has 3 rings (SSSR count). The standard InChI is InChI=1S/C24H26N2O6S/c1-30-20-11-9-19(10-12-20)25-24(27)17-26(16-18-7-5-4-6-8-18)33(28,29)21-13-14-22(31-2)23(15-21)32-3/h4-15H,16-17H2,1-3H3,(H,25,27). The summed E-state index contributed by atoms with van der Waals surface area (Å²) in [6.45, 7) is -0.356. The number of ether oxygens (including phenoxy) is 3. The number of nitrogens with one attached hydrogen (secondary N) is 1. The zero-order valence-corrected chi connectivity index (χ0v) is 19.5. The van der Waals surface area contributed by atoms with Gasteiger partial charge in [-0.05, 0) is 42.0 Å². The number of carbonyl (C=O) groups is 1. The minimum Gasteiger partial charge on any atom is -0.497 e. The van der Waals surface area contributed by atoms with Gasteiger partial charge in [-0.1, -0.05) is 30.3 Å². The highest BCUT2D eigenvalue weighted by Gasteiger charge is 2.28. The number of anilines is 1. The van der Waals surface area contributed by atoms with Crippen molar-refractivity contribution in [2.75, 3.05) is 33.2 Å². The average Bonchev–Trinajstić information content (AvgIpc) is 2.84. The fraction of sp³-hybridized carbons (Fsp3) is 0.208. The molecule has 33 heavy (non-hydrogen) atoms. The molecule has 1 amide bonds. The molecule has 0 aromatic heterocycles. The molecule has 3 aromatic carbocycles. The van der Waals surface area contributed by atoms with Gasteiger partial charge in [0.1, 0.15) is 5.75 Å². The predicted octanol–water partition coefficient (Wildman–Crippen LogP) is 3.54. The van der Waals surface area contributed by atoms with Gasteiger partial charge in [0.05, 0.1) is 32.8 Å². The molecule has 0 saturated carbocycles. The Kier molecular flexibility index (Phi) is 7.92. The van der Waals surface area contributed by atoms with Crippen LogP contribution >= 0.6 is 0 Å². The number of hydrogen-bond acceptors (Lipinski definition) is 6. The first-order valence-electron chi connectivity index (χ1n) is 10.1. The highest BCUT2D eigenvalue weighted by Crippen LogP contribution is 2.31. The Balaban J connectivity index is 1.89. The fourth-order valence-corrected chi connectivity index (χ4v) is 4.57. The monoisotopic (exact) mass is 470 g/mol. The molecule has 0 saturated heterocycles. The summed E-state index contributed by atoms with van der Waals surface area (Å²) in [6, 6.07) is 20.2. The van der Waals surface area contributed by atoms with Gasteiger partial charge in [0.15, 0.2) is 11.5 Å². The minimum absolute atomic E-state index is 0.00618. The lowest BCUT2D eigenvalue weighted by atomic mass is 10.2. The van der Waals surface area contributed by atoms with E-state index >= 15 is 0 Å². The summed E-state index contributed by atoms with van der Waals surface area (Å²) in [4.78, 5) is 12.8. The molecule has 0 heterocycles. The first kappa shape index (κ1) is 24.1. The van der Waals surface area contributed by atoms with Crippen LogP contribution < -0.4 is 19.5 Å². The van der Waals surface area contributed by atoms with Crippen molar-refractivity contribution >= 4 is 21.6 Å². The van der Waals surface area contributed by atoms with Gasteiger partial charge < -0.3 is 19.5 Å². The van der Waals surface area contributed by atoms with E-state index in [1.54, 1.807) is 43.5 Å². The van der Waals surface area contributed by atoms with Crippen molar-refractivity contribution in [1.82, 2.24) is 4.31 Å². The number of hydrogen-bond donors (Lipinski definition) is 1. The van der Waals surface area contributed by atoms with Crippen LogP contribution in [0.5, 0.6) is 17.2 Å². The molecule has 0 radical (unpaired) electrons. The van der Waals surface area contributed by atoms with Gasteiger partial charge in [0.2, 0.25) is 15.9 Å². The Morgan fingerprint density at radius 1 is 0.848 bits per heavy atom. The molecule has 0 aliphatic heterocycles. The van der Waals surface area contributed by atoms with Crippen LogP contribution in [-0.2, 0) is 21.4 Å². The SMILES string of the molecule is COc1ccc(NC(=O)CN(Cc2ccccc2)S(=O)(=O)c2ccc(OC)c(OC)c2)cc1. The summed E-state index contributed by atoms with van der Waals surface area (Å²) < 4.78 is 43.7. The van der Waals surface area contributed by atoms with Gasteiger partial charge in [-0.15, -0.1) is 0 Å². The molecule has 0 atom stereocenters. The second-order valence-electron chi connectivity index (χ2n) is 7.05. The zero-order valence-electron chi connectivity index (χ0n) is 18.6. The number of amides is 1. The van der Waals surface area contributed by atoms with E-state index < -0.39 is 15.9 Å². The number of methoxy groups -OCH3 is 3. The first-order chi connectivity index (χ1) is 15.9. The van der Waals surface area contributed by atoms with Crippen molar-refractivity contribution in [3.63, 3.8) is 0 Å². The largest absolute Gasteiger partial charge is 0.497 e. The van der Waals surface area contributed by atoms with Gasteiger partial charge in [-0.25, -0.2) is 8.42 Å². The number of benzene rings is 3. The number of carbonyl (C=O) groups excluding carboxylic acids is 1. The maximum atomic E-state index is 13.5. The van der Waals surface area contributed by atoms with E-state index in [1.807, 2.05) is 18.2 Å². The van der Waals surface area contributed by atoms with Crippen molar-refractivity contribution in [1.29, 1.82) is 0 Å². The van der Waals surface area contributed by atoms with Crippen molar-refractivity contribution in [2.24, 2.45) is 0 Å². The molecule has 1 N–H and O–H groups in total. The van der Waals surface area contributed by atoms with Crippen LogP contribution in [0.25, 0.3) is 0 Å². The second kappa shape index (κ2) is 10.8. The third kappa shape index (κ3) is 6.03. The van der Waals surface area contributed by atoms with Gasteiger partial charge >= 0.3 is 0 Å². The van der Waals surface area contributed by atoms with Crippen LogP contribution in [0.1, 0.15) is 5.56 Å². The Hall–Kier alpha value is -3.56. The molecule has 174 valence electrons. The number of sulfonamides is 1. The lowest BCUT2D eigenvalue weighted by molar-refractivity contribution is -0.116. The van der Waals surface area contributed by atoms with Gasteiger partial charge in [-0.2, -0.15) is 4.31 Å². The van der Waals surface area contributed by atoms with Gasteiger partial charge in [-0.3, -0.25) is 4.79 Å². The molecule has 3 aromatic rings. The Bertz CT molecular complexity index is 1180. The normalized spacial score (nSPS) is 11.2. The van der Waals surface area contributed by atoms with Crippen LogP contribution in [0.4, 0.5) is 5.69 Å². The van der Waals surface area contributed by atoms with Crippen LogP contribution in [-0.4, -0.2) is 46.5 Å². The molecular formula is C24H26N2O6S. The molecule has 0 aliphatic rings. The summed E-state index contributed by atoms with van der Waals surface area (Å²) >= 11 is 0. The van der Waals surface area contributed by atoms with E-state index in [0.717, 1.165) is 9.87 Å². The average molecular weight is 471 g/mol. The van der Waals surface area contributed by atoms with E-state index in [0.29, 0.717) is 17.2 Å². The zero-order chi connectivity index (χ0) is 23.8. The first-order valence-corrected chi connectivity index (χ1v) is 11.5. The summed E-state index contributed by atoms with van der Waals surface area (Å²) in [6.07, 6.45) is 0. The molecule has 0 spiro atoms. The van der Waals surface area contributed by atoms with Gasteiger partial charge in [0, 0.05) is 18.3 Å². The summed E-state index contributed by atoms with van der Waals surface area (Å²) in [7, 11) is 0.410. The Morgan fingerprint density at radius 2 is 1.52 bits per heavy atom. The third-order valence-electron chi connectivity index (χ3n) is 4.89. The quantitative estimate of drug-likeness (QED) is 0.487. The molecular weight excluding hydrogens is 444 g/mol. The topological polar surface area (TPSA) is 94.2 Å². The molecule has 0 unspecified atom stereocenters. The van der Waals surface area contributed by atoms with Crippen LogP contribution in [0.2, 0.25) is 0 Å². The second-order valence-corrected chi connectivity index (χ2v) is 8.99. The maximum absolute atomic E-state index is 13.5. The molecule has 8 nitrogen and oxygen atoms in total. The predicted molar refractivity (Wildman–Crippen MR) is 125 cm³/mol. The molecule has 0 aliphatic carbocycles. The van der Waals surface area contributed by atoms with E-state index in [1.165, 1.54) is 32.4 Å². The highest BCUT2D eigenvalue weighted by atomic mass is 32.2. The van der Waals surface area contributed by atoms with Crippen LogP contribution in [0.3, 0.4) is 0 Å². The number of nitrogens with zero attached hydrogens (tertiary/aromatic N) is 1. The maximum Gasteiger partial charge on any atom is 0.243 e. The molecule has 0 bridgehead atoms. The summed E-state index contributed by atoms with van der Waals surface area (Å²) in [5.74, 6) is 0.860. The summed E-state index contributed by atoms with van der Waals surface area (Å²) in [5.41, 5.74) is 1.28. The van der Waals surface area contributed by atoms with Crippen molar-refractivity contribution in [3.8, 4) is 17.2 Å². The smallest absolute Gasteiger partial charge is 0.243 e. The minimum atomic E-state index is -4.04. The van der Waals surface area contributed by atoms with E-state index in [9.17, 15) is 13.2 Å². The van der Waals surface area contributed by atoms with Crippen molar-refractivity contribution < 1.29 is 27.4 Å². The highest BCUT2D eigenvalue weighted by molar-refractivity contribution is 7.89. The lowest BCUT2D eigenvalue weighted by Gasteiger charge is -2.22. The molecule has 9 heteroatoms.